The first-order valence-corrected chi connectivity index (χ1v) is 10.5. The first-order chi connectivity index (χ1) is 14.4. The summed E-state index contributed by atoms with van der Waals surface area (Å²) in [6, 6.07) is 14.4. The number of imide groups is 1. The number of carbonyl (C=O) groups excluding carboxylic acids is 2. The molecule has 0 radical (unpaired) electrons. The first-order valence-electron chi connectivity index (χ1n) is 10.5. The van der Waals surface area contributed by atoms with Gasteiger partial charge in [0, 0.05) is 20.1 Å². The number of aliphatic imine (C=N–C) groups is 1. The quantitative estimate of drug-likeness (QED) is 0.165. The second-order valence-electron chi connectivity index (χ2n) is 7.86. The number of nitrogens with zero attached hydrogens (tertiary/aromatic N) is 2. The van der Waals surface area contributed by atoms with Crippen molar-refractivity contribution in [3.63, 3.8) is 0 Å². The zero-order valence-corrected chi connectivity index (χ0v) is 20.9. The van der Waals surface area contributed by atoms with Crippen molar-refractivity contribution < 1.29 is 9.59 Å². The molecule has 1 aliphatic heterocycles. The summed E-state index contributed by atoms with van der Waals surface area (Å²) in [7, 11) is 1.73. The Hall–Kier alpha value is -2.36. The van der Waals surface area contributed by atoms with Crippen LogP contribution in [0.1, 0.15) is 45.2 Å². The Morgan fingerprint density at radius 2 is 1.90 bits per heavy atom. The van der Waals surface area contributed by atoms with Crippen molar-refractivity contribution in [2.45, 2.75) is 45.2 Å². The predicted molar refractivity (Wildman–Crippen MR) is 136 cm³/mol. The summed E-state index contributed by atoms with van der Waals surface area (Å²) in [5, 5.41) is 11.9. The molecule has 7 nitrogen and oxygen atoms in total. The molecule has 0 spiro atoms. The van der Waals surface area contributed by atoms with Crippen molar-refractivity contribution in [1.82, 2.24) is 20.9 Å². The van der Waals surface area contributed by atoms with Gasteiger partial charge in [-0.15, -0.1) is 24.0 Å². The Bertz CT molecular complexity index is 959. The van der Waals surface area contributed by atoms with E-state index in [9.17, 15) is 9.59 Å². The van der Waals surface area contributed by atoms with Gasteiger partial charge in [0.05, 0.1) is 6.04 Å². The van der Waals surface area contributed by atoms with E-state index in [0.717, 1.165) is 0 Å². The molecule has 2 atom stereocenters. The molecule has 1 heterocycles. The topological polar surface area (TPSA) is 85.8 Å². The number of halogens is 1. The van der Waals surface area contributed by atoms with Gasteiger partial charge in [-0.3, -0.25) is 14.7 Å². The van der Waals surface area contributed by atoms with Crippen LogP contribution in [0.4, 0.5) is 4.79 Å². The molecule has 2 aromatic carbocycles. The lowest BCUT2D eigenvalue weighted by Crippen LogP contribution is -2.43. The van der Waals surface area contributed by atoms with Crippen molar-refractivity contribution in [3.05, 3.63) is 48.0 Å². The number of hydrogen-bond donors (Lipinski definition) is 3. The van der Waals surface area contributed by atoms with Crippen LogP contribution in [0, 0.1) is 0 Å². The van der Waals surface area contributed by atoms with Gasteiger partial charge in [-0.1, -0.05) is 49.4 Å². The summed E-state index contributed by atoms with van der Waals surface area (Å²) < 4.78 is 0. The van der Waals surface area contributed by atoms with E-state index in [4.69, 9.17) is 0 Å². The fourth-order valence-corrected chi connectivity index (χ4v) is 3.74. The van der Waals surface area contributed by atoms with Gasteiger partial charge in [0.25, 0.3) is 5.91 Å². The molecule has 0 saturated carbocycles. The third-order valence-corrected chi connectivity index (χ3v) is 5.77. The molecule has 168 valence electrons. The zero-order chi connectivity index (χ0) is 21.7. The molecule has 1 aliphatic rings. The zero-order valence-electron chi connectivity index (χ0n) is 18.6. The molecule has 1 fully saturated rings. The highest BCUT2D eigenvalue weighted by Gasteiger charge is 2.45. The molecule has 1 saturated heterocycles. The molecule has 0 aromatic heterocycles. The van der Waals surface area contributed by atoms with Crippen LogP contribution < -0.4 is 16.0 Å². The summed E-state index contributed by atoms with van der Waals surface area (Å²) in [6.45, 7) is 6.75. The Balaban J connectivity index is 0.00000341. The Kier molecular flexibility index (Phi) is 8.67. The average molecular weight is 537 g/mol. The molecule has 2 aromatic rings. The maximum Gasteiger partial charge on any atom is 0.325 e. The minimum absolute atomic E-state index is 0. The summed E-state index contributed by atoms with van der Waals surface area (Å²) in [5.41, 5.74) is 0.421. The number of urea groups is 1. The third-order valence-electron chi connectivity index (χ3n) is 5.77. The molecule has 8 heteroatoms. The molecule has 3 N–H and O–H groups in total. The van der Waals surface area contributed by atoms with Crippen LogP contribution in [0.2, 0.25) is 0 Å². The largest absolute Gasteiger partial charge is 0.356 e. The molecule has 31 heavy (non-hydrogen) atoms. The van der Waals surface area contributed by atoms with E-state index in [-0.39, 0.29) is 42.0 Å². The lowest BCUT2D eigenvalue weighted by Gasteiger charge is -2.21. The average Bonchev–Trinajstić information content (AvgIpc) is 2.98. The first kappa shape index (κ1) is 24.9. The number of amides is 3. The Morgan fingerprint density at radius 3 is 2.58 bits per heavy atom. The monoisotopic (exact) mass is 537 g/mol. The maximum absolute atomic E-state index is 12.4. The van der Waals surface area contributed by atoms with E-state index in [1.807, 2.05) is 19.1 Å². The number of carbonyl (C=O) groups is 2. The number of hydrogen-bond acceptors (Lipinski definition) is 3. The highest BCUT2D eigenvalue weighted by molar-refractivity contribution is 14.0. The van der Waals surface area contributed by atoms with Crippen molar-refractivity contribution in [3.8, 4) is 0 Å². The van der Waals surface area contributed by atoms with Crippen LogP contribution in [0.3, 0.4) is 0 Å². The van der Waals surface area contributed by atoms with Gasteiger partial charge in [-0.2, -0.15) is 0 Å². The van der Waals surface area contributed by atoms with Gasteiger partial charge in [-0.05, 0) is 43.0 Å². The van der Waals surface area contributed by atoms with Crippen LogP contribution in [0.25, 0.3) is 10.8 Å². The number of benzene rings is 2. The molecular weight excluding hydrogens is 505 g/mol. The maximum atomic E-state index is 12.4. The van der Waals surface area contributed by atoms with E-state index in [2.05, 4.69) is 58.2 Å². The summed E-state index contributed by atoms with van der Waals surface area (Å²) in [6.07, 6.45) is 1.22. The highest BCUT2D eigenvalue weighted by Crippen LogP contribution is 2.24. The van der Waals surface area contributed by atoms with Crippen LogP contribution in [0.15, 0.2) is 47.5 Å². The minimum Gasteiger partial charge on any atom is -0.356 e. The standard InChI is InChI=1S/C23H31N5O2.HI/c1-5-23(3)20(29)28(22(30)27-23)15-9-14-25-21(24-4)26-16(2)18-13-8-11-17-10-6-7-12-19(17)18;/h6-8,10-13,16H,5,9,14-15H2,1-4H3,(H,27,30)(H2,24,25,26);1H. The minimum atomic E-state index is -0.782. The van der Waals surface area contributed by atoms with Crippen molar-refractivity contribution in [1.29, 1.82) is 0 Å². The lowest BCUT2D eigenvalue weighted by atomic mass is 9.99. The molecule has 3 rings (SSSR count). The van der Waals surface area contributed by atoms with E-state index in [1.54, 1.807) is 14.0 Å². The summed E-state index contributed by atoms with van der Waals surface area (Å²) >= 11 is 0. The van der Waals surface area contributed by atoms with Gasteiger partial charge in [0.1, 0.15) is 5.54 Å². The van der Waals surface area contributed by atoms with Crippen LogP contribution in [-0.2, 0) is 4.79 Å². The van der Waals surface area contributed by atoms with E-state index < -0.39 is 5.54 Å². The number of guanidine groups is 1. The van der Waals surface area contributed by atoms with Gasteiger partial charge >= 0.3 is 6.03 Å². The Morgan fingerprint density at radius 1 is 1.19 bits per heavy atom. The van der Waals surface area contributed by atoms with Crippen LogP contribution in [-0.4, -0.2) is 48.5 Å². The van der Waals surface area contributed by atoms with Gasteiger partial charge < -0.3 is 16.0 Å². The van der Waals surface area contributed by atoms with Crippen molar-refractivity contribution in [2.75, 3.05) is 20.1 Å². The highest BCUT2D eigenvalue weighted by atomic mass is 127. The Labute approximate surface area is 201 Å². The normalized spacial score (nSPS) is 19.7. The predicted octanol–water partition coefficient (Wildman–Crippen LogP) is 3.79. The smallest absolute Gasteiger partial charge is 0.325 e. The third kappa shape index (κ3) is 5.47. The molecular formula is C23H32IN5O2. The second-order valence-corrected chi connectivity index (χ2v) is 7.86. The number of nitrogens with one attached hydrogen (secondary N) is 3. The van der Waals surface area contributed by atoms with Crippen LogP contribution in [0.5, 0.6) is 0 Å². The van der Waals surface area contributed by atoms with Gasteiger partial charge in [-0.25, -0.2) is 4.79 Å². The van der Waals surface area contributed by atoms with Gasteiger partial charge in [0.15, 0.2) is 5.96 Å². The van der Waals surface area contributed by atoms with Gasteiger partial charge in [0.2, 0.25) is 0 Å². The SMILES string of the molecule is CCC1(C)NC(=O)N(CCCNC(=NC)NC(C)c2cccc3ccccc23)C1=O.I. The van der Waals surface area contributed by atoms with Crippen molar-refractivity contribution in [2.24, 2.45) is 4.99 Å². The fraction of sp³-hybridized carbons (Fsp3) is 0.435. The molecule has 2 unspecified atom stereocenters. The van der Waals surface area contributed by atoms with Crippen molar-refractivity contribution >= 4 is 52.6 Å². The fourth-order valence-electron chi connectivity index (χ4n) is 3.74. The number of rotatable bonds is 7. The number of fused-ring (bicyclic) bond motifs is 1. The molecule has 0 bridgehead atoms. The van der Waals surface area contributed by atoms with Crippen LogP contribution >= 0.6 is 24.0 Å². The summed E-state index contributed by atoms with van der Waals surface area (Å²) in [5.74, 6) is 0.535. The van der Waals surface area contributed by atoms with E-state index in [0.29, 0.717) is 31.9 Å². The van der Waals surface area contributed by atoms with E-state index in [1.165, 1.54) is 21.2 Å². The molecule has 3 amide bonds. The van der Waals surface area contributed by atoms with E-state index >= 15 is 0 Å². The molecule has 0 aliphatic carbocycles. The second kappa shape index (κ2) is 10.8. The summed E-state index contributed by atoms with van der Waals surface area (Å²) in [4.78, 5) is 30.1. The lowest BCUT2D eigenvalue weighted by molar-refractivity contribution is -0.130.